The molecule has 1 atom stereocenters. The molecule has 0 aliphatic carbocycles. The van der Waals surface area contributed by atoms with Crippen molar-refractivity contribution in [2.24, 2.45) is 5.92 Å². The lowest BCUT2D eigenvalue weighted by molar-refractivity contribution is -0.484. The van der Waals surface area contributed by atoms with Gasteiger partial charge in [-0.2, -0.15) is 0 Å². The first kappa shape index (κ1) is 17.5. The molecule has 2 aromatic carbocycles. The molecular formula is C18H17N3O5. The highest BCUT2D eigenvalue weighted by Gasteiger charge is 2.48. The van der Waals surface area contributed by atoms with E-state index in [0.29, 0.717) is 5.56 Å². The normalized spacial score (nSPS) is 17.1. The lowest BCUT2D eigenvalue weighted by atomic mass is 9.81. The van der Waals surface area contributed by atoms with Crippen LogP contribution in [0.15, 0.2) is 42.5 Å². The van der Waals surface area contributed by atoms with Gasteiger partial charge in [0.25, 0.3) is 0 Å². The smallest absolute Gasteiger partial charge is 0.273 e. The van der Waals surface area contributed by atoms with Crippen molar-refractivity contribution in [2.75, 3.05) is 20.6 Å². The third-order valence-corrected chi connectivity index (χ3v) is 4.74. The zero-order valence-electron chi connectivity index (χ0n) is 14.3. The Morgan fingerprint density at radius 1 is 1.00 bits per heavy atom. The van der Waals surface area contributed by atoms with Crippen molar-refractivity contribution in [2.45, 2.75) is 5.92 Å². The summed E-state index contributed by atoms with van der Waals surface area (Å²) >= 11 is 0. The van der Waals surface area contributed by atoms with Gasteiger partial charge in [0, 0.05) is 19.0 Å². The van der Waals surface area contributed by atoms with E-state index in [9.17, 15) is 24.5 Å². The minimum absolute atomic E-state index is 0.538. The quantitative estimate of drug-likeness (QED) is 0.473. The highest BCUT2D eigenvalue weighted by atomic mass is 16.6. The second-order valence-electron chi connectivity index (χ2n) is 6.24. The van der Waals surface area contributed by atoms with E-state index >= 15 is 0 Å². The van der Waals surface area contributed by atoms with Crippen LogP contribution in [0.5, 0.6) is 0 Å². The van der Waals surface area contributed by atoms with Gasteiger partial charge in [-0.25, -0.2) is 4.79 Å². The molecule has 1 unspecified atom stereocenters. The van der Waals surface area contributed by atoms with E-state index < -0.39 is 41.1 Å². The van der Waals surface area contributed by atoms with E-state index in [1.54, 1.807) is 24.3 Å². The van der Waals surface area contributed by atoms with Gasteiger partial charge in [-0.05, 0) is 16.3 Å². The standard InChI is InChI=1S/C18H17N3O5/c1-19-16(22)15(17(23)20(2)18(19)24)14(10-21(25)26)13-9-5-7-11-6-3-4-8-12(11)13/h3-9,14-15H,10H2,1-2H3. The van der Waals surface area contributed by atoms with Crippen molar-refractivity contribution in [3.63, 3.8) is 0 Å². The van der Waals surface area contributed by atoms with Crippen LogP contribution in [0, 0.1) is 16.0 Å². The minimum Gasteiger partial charge on any atom is -0.273 e. The summed E-state index contributed by atoms with van der Waals surface area (Å²) in [6, 6.07) is 11.8. The number of hydrogen-bond acceptors (Lipinski definition) is 5. The molecule has 0 aromatic heterocycles. The summed E-state index contributed by atoms with van der Waals surface area (Å²) in [6.07, 6.45) is 0. The fourth-order valence-corrected chi connectivity index (χ4v) is 3.40. The van der Waals surface area contributed by atoms with Gasteiger partial charge in [0.1, 0.15) is 5.92 Å². The molecule has 1 aliphatic rings. The molecule has 1 aliphatic heterocycles. The van der Waals surface area contributed by atoms with Crippen LogP contribution in [0.4, 0.5) is 4.79 Å². The first-order valence-electron chi connectivity index (χ1n) is 8.01. The monoisotopic (exact) mass is 355 g/mol. The first-order chi connectivity index (χ1) is 12.3. The van der Waals surface area contributed by atoms with Crippen LogP contribution in [0.25, 0.3) is 10.8 Å². The summed E-state index contributed by atoms with van der Waals surface area (Å²) in [6.45, 7) is -0.591. The summed E-state index contributed by atoms with van der Waals surface area (Å²) in [5, 5.41) is 12.9. The van der Waals surface area contributed by atoms with Gasteiger partial charge < -0.3 is 0 Å². The molecule has 8 nitrogen and oxygen atoms in total. The summed E-state index contributed by atoms with van der Waals surface area (Å²) in [7, 11) is 2.54. The Morgan fingerprint density at radius 3 is 2.19 bits per heavy atom. The Kier molecular flexibility index (Phi) is 4.41. The van der Waals surface area contributed by atoms with Crippen LogP contribution in [0.2, 0.25) is 0 Å². The van der Waals surface area contributed by atoms with E-state index in [0.717, 1.165) is 20.6 Å². The second kappa shape index (κ2) is 6.55. The van der Waals surface area contributed by atoms with Crippen molar-refractivity contribution in [1.29, 1.82) is 0 Å². The molecule has 1 saturated heterocycles. The molecule has 4 amide bonds. The number of nitro groups is 1. The topological polar surface area (TPSA) is 101 Å². The van der Waals surface area contributed by atoms with E-state index in [1.165, 1.54) is 14.1 Å². The third-order valence-electron chi connectivity index (χ3n) is 4.74. The fourth-order valence-electron chi connectivity index (χ4n) is 3.40. The van der Waals surface area contributed by atoms with E-state index in [-0.39, 0.29) is 0 Å². The molecule has 1 heterocycles. The van der Waals surface area contributed by atoms with Gasteiger partial charge in [-0.15, -0.1) is 0 Å². The third kappa shape index (κ3) is 2.79. The van der Waals surface area contributed by atoms with Gasteiger partial charge in [0.05, 0.1) is 5.92 Å². The van der Waals surface area contributed by atoms with Gasteiger partial charge >= 0.3 is 6.03 Å². The zero-order chi connectivity index (χ0) is 19.0. The van der Waals surface area contributed by atoms with Gasteiger partial charge in [0.15, 0.2) is 0 Å². The van der Waals surface area contributed by atoms with Crippen molar-refractivity contribution in [3.8, 4) is 0 Å². The Bertz CT molecular complexity index is 897. The largest absolute Gasteiger partial charge is 0.332 e. The van der Waals surface area contributed by atoms with Crippen LogP contribution in [0.1, 0.15) is 11.5 Å². The number of imide groups is 2. The second-order valence-corrected chi connectivity index (χ2v) is 6.24. The van der Waals surface area contributed by atoms with Crippen LogP contribution >= 0.6 is 0 Å². The van der Waals surface area contributed by atoms with Crippen LogP contribution < -0.4 is 0 Å². The average molecular weight is 355 g/mol. The summed E-state index contributed by atoms with van der Waals surface area (Å²) in [5.41, 5.74) is 0.544. The zero-order valence-corrected chi connectivity index (χ0v) is 14.3. The Morgan fingerprint density at radius 2 is 1.58 bits per heavy atom. The number of fused-ring (bicyclic) bond motifs is 1. The number of nitrogens with zero attached hydrogens (tertiary/aromatic N) is 3. The number of amides is 4. The van der Waals surface area contributed by atoms with E-state index in [2.05, 4.69) is 0 Å². The van der Waals surface area contributed by atoms with E-state index in [1.807, 2.05) is 18.2 Å². The lowest BCUT2D eigenvalue weighted by Gasteiger charge is -2.35. The molecule has 8 heteroatoms. The maximum absolute atomic E-state index is 12.7. The highest BCUT2D eigenvalue weighted by Crippen LogP contribution is 2.35. The van der Waals surface area contributed by atoms with Crippen LogP contribution in [0.3, 0.4) is 0 Å². The number of carbonyl (C=O) groups excluding carboxylic acids is 3. The predicted octanol–water partition coefficient (Wildman–Crippen LogP) is 1.87. The van der Waals surface area contributed by atoms with Gasteiger partial charge in [0.2, 0.25) is 18.4 Å². The Labute approximate surface area is 149 Å². The summed E-state index contributed by atoms with van der Waals surface area (Å²) in [4.78, 5) is 49.7. The van der Waals surface area contributed by atoms with Gasteiger partial charge in [-0.3, -0.25) is 29.5 Å². The summed E-state index contributed by atoms with van der Waals surface area (Å²) < 4.78 is 0. The van der Waals surface area contributed by atoms with Crippen molar-refractivity contribution in [1.82, 2.24) is 9.80 Å². The molecule has 0 bridgehead atoms. The van der Waals surface area contributed by atoms with Gasteiger partial charge in [-0.1, -0.05) is 42.5 Å². The number of benzene rings is 2. The summed E-state index contributed by atoms with van der Waals surface area (Å²) in [5.74, 6) is -3.75. The molecule has 26 heavy (non-hydrogen) atoms. The maximum Gasteiger partial charge on any atom is 0.332 e. The molecule has 2 aromatic rings. The molecular weight excluding hydrogens is 338 g/mol. The lowest BCUT2D eigenvalue weighted by Crippen LogP contribution is -2.58. The Balaban J connectivity index is 2.17. The number of carbonyl (C=O) groups is 3. The van der Waals surface area contributed by atoms with Crippen molar-refractivity contribution in [3.05, 3.63) is 58.1 Å². The van der Waals surface area contributed by atoms with Crippen LogP contribution in [-0.2, 0) is 9.59 Å². The molecule has 3 rings (SSSR count). The highest BCUT2D eigenvalue weighted by molar-refractivity contribution is 6.16. The molecule has 0 spiro atoms. The molecule has 1 fully saturated rings. The van der Waals surface area contributed by atoms with E-state index in [4.69, 9.17) is 0 Å². The molecule has 0 radical (unpaired) electrons. The number of rotatable bonds is 4. The van der Waals surface area contributed by atoms with Crippen molar-refractivity contribution < 1.29 is 19.3 Å². The SMILES string of the molecule is CN1C(=O)C(C(C[N+](=O)[O-])c2cccc3ccccc23)C(=O)N(C)C1=O. The minimum atomic E-state index is -1.32. The molecule has 0 saturated carbocycles. The number of barbiturate groups is 1. The average Bonchev–Trinajstić information content (AvgIpc) is 2.63. The molecule has 0 N–H and O–H groups in total. The van der Waals surface area contributed by atoms with Crippen LogP contribution in [-0.4, -0.2) is 53.2 Å². The predicted molar refractivity (Wildman–Crippen MR) is 93.0 cm³/mol. The number of urea groups is 1. The fraction of sp³-hybridized carbons (Fsp3) is 0.278. The Hall–Kier alpha value is -3.29. The maximum atomic E-state index is 12.7. The number of hydrogen-bond donors (Lipinski definition) is 0. The molecule has 134 valence electrons. The van der Waals surface area contributed by atoms with Crippen molar-refractivity contribution >= 4 is 28.6 Å². The first-order valence-corrected chi connectivity index (χ1v) is 8.01.